The van der Waals surface area contributed by atoms with Crippen molar-refractivity contribution in [2.75, 3.05) is 6.61 Å². The SMILES string of the molecule is CC1CC(C(=O)NC(CC(=O)O)c2cccc(Br)c2)CCO1. The van der Waals surface area contributed by atoms with Gasteiger partial charge in [0, 0.05) is 17.0 Å². The Kier molecular flexibility index (Phi) is 5.97. The van der Waals surface area contributed by atoms with E-state index in [4.69, 9.17) is 9.84 Å². The molecule has 2 rings (SSSR count). The van der Waals surface area contributed by atoms with E-state index in [9.17, 15) is 9.59 Å². The van der Waals surface area contributed by atoms with Gasteiger partial charge in [0.2, 0.25) is 5.91 Å². The third kappa shape index (κ3) is 4.81. The number of carboxylic acids is 1. The first-order valence-electron chi connectivity index (χ1n) is 7.35. The number of nitrogens with one attached hydrogen (secondary N) is 1. The molecule has 3 atom stereocenters. The lowest BCUT2D eigenvalue weighted by Gasteiger charge is -2.28. The number of benzene rings is 1. The first-order chi connectivity index (χ1) is 10.5. The van der Waals surface area contributed by atoms with Crippen molar-refractivity contribution in [2.24, 2.45) is 5.92 Å². The Morgan fingerprint density at radius 1 is 1.50 bits per heavy atom. The first kappa shape index (κ1) is 17.0. The van der Waals surface area contributed by atoms with E-state index >= 15 is 0 Å². The molecule has 6 heteroatoms. The van der Waals surface area contributed by atoms with Crippen LogP contribution in [-0.4, -0.2) is 29.7 Å². The van der Waals surface area contributed by atoms with Crippen LogP contribution in [0.25, 0.3) is 0 Å². The maximum atomic E-state index is 12.4. The summed E-state index contributed by atoms with van der Waals surface area (Å²) in [6.45, 7) is 2.52. The third-order valence-corrected chi connectivity index (χ3v) is 4.30. The summed E-state index contributed by atoms with van der Waals surface area (Å²) in [7, 11) is 0. The fourth-order valence-electron chi connectivity index (χ4n) is 2.68. The van der Waals surface area contributed by atoms with E-state index in [1.807, 2.05) is 31.2 Å². The molecule has 0 bridgehead atoms. The van der Waals surface area contributed by atoms with Gasteiger partial charge < -0.3 is 15.2 Å². The van der Waals surface area contributed by atoms with Gasteiger partial charge in [0.1, 0.15) is 0 Å². The van der Waals surface area contributed by atoms with Gasteiger partial charge in [-0.1, -0.05) is 28.1 Å². The second-order valence-electron chi connectivity index (χ2n) is 5.62. The summed E-state index contributed by atoms with van der Waals surface area (Å²) in [5, 5.41) is 12.0. The summed E-state index contributed by atoms with van der Waals surface area (Å²) < 4.78 is 6.30. The molecule has 1 aromatic carbocycles. The quantitative estimate of drug-likeness (QED) is 0.836. The molecule has 0 aromatic heterocycles. The highest BCUT2D eigenvalue weighted by molar-refractivity contribution is 9.10. The number of carboxylic acid groups (broad SMARTS) is 1. The molecule has 1 amide bonds. The molecular formula is C16H20BrNO4. The summed E-state index contributed by atoms with van der Waals surface area (Å²) in [5.41, 5.74) is 0.783. The van der Waals surface area contributed by atoms with Crippen molar-refractivity contribution in [3.63, 3.8) is 0 Å². The Bertz CT molecular complexity index is 549. The van der Waals surface area contributed by atoms with Gasteiger partial charge in [-0.25, -0.2) is 0 Å². The molecule has 0 saturated carbocycles. The lowest BCUT2D eigenvalue weighted by atomic mass is 9.94. The molecule has 0 spiro atoms. The number of carbonyl (C=O) groups excluding carboxylic acids is 1. The Morgan fingerprint density at radius 3 is 2.91 bits per heavy atom. The Morgan fingerprint density at radius 2 is 2.27 bits per heavy atom. The van der Waals surface area contributed by atoms with E-state index < -0.39 is 12.0 Å². The van der Waals surface area contributed by atoms with Crippen molar-refractivity contribution in [3.05, 3.63) is 34.3 Å². The average molecular weight is 370 g/mol. The van der Waals surface area contributed by atoms with E-state index in [0.717, 1.165) is 10.0 Å². The third-order valence-electron chi connectivity index (χ3n) is 3.80. The highest BCUT2D eigenvalue weighted by atomic mass is 79.9. The van der Waals surface area contributed by atoms with Gasteiger partial charge >= 0.3 is 5.97 Å². The molecule has 1 aromatic rings. The fraction of sp³-hybridized carbons (Fsp3) is 0.500. The zero-order valence-electron chi connectivity index (χ0n) is 12.4. The highest BCUT2D eigenvalue weighted by Crippen LogP contribution is 2.24. The van der Waals surface area contributed by atoms with Crippen LogP contribution in [0.5, 0.6) is 0 Å². The van der Waals surface area contributed by atoms with Crippen LogP contribution in [0.3, 0.4) is 0 Å². The van der Waals surface area contributed by atoms with Crippen LogP contribution >= 0.6 is 15.9 Å². The normalized spacial score (nSPS) is 22.8. The fourth-order valence-corrected chi connectivity index (χ4v) is 3.09. The van der Waals surface area contributed by atoms with Crippen LogP contribution in [0.2, 0.25) is 0 Å². The van der Waals surface area contributed by atoms with Crippen LogP contribution in [0, 0.1) is 5.92 Å². The van der Waals surface area contributed by atoms with Gasteiger partial charge in [-0.15, -0.1) is 0 Å². The van der Waals surface area contributed by atoms with Gasteiger partial charge in [0.15, 0.2) is 0 Å². The lowest BCUT2D eigenvalue weighted by molar-refractivity contribution is -0.138. The van der Waals surface area contributed by atoms with Crippen LogP contribution in [-0.2, 0) is 14.3 Å². The van der Waals surface area contributed by atoms with Gasteiger partial charge in [-0.3, -0.25) is 9.59 Å². The van der Waals surface area contributed by atoms with Crippen molar-refractivity contribution >= 4 is 27.8 Å². The predicted octanol–water partition coefficient (Wildman–Crippen LogP) is 2.90. The molecule has 120 valence electrons. The van der Waals surface area contributed by atoms with E-state index in [1.54, 1.807) is 0 Å². The largest absolute Gasteiger partial charge is 0.481 e. The van der Waals surface area contributed by atoms with Crippen molar-refractivity contribution in [2.45, 2.75) is 38.3 Å². The number of halogens is 1. The number of aliphatic carboxylic acids is 1. The molecule has 0 radical (unpaired) electrons. The molecule has 2 N–H and O–H groups in total. The second-order valence-corrected chi connectivity index (χ2v) is 6.53. The zero-order chi connectivity index (χ0) is 16.1. The number of ether oxygens (including phenoxy) is 1. The minimum Gasteiger partial charge on any atom is -0.481 e. The molecule has 0 aliphatic carbocycles. The molecule has 1 aliphatic heterocycles. The highest BCUT2D eigenvalue weighted by Gasteiger charge is 2.28. The summed E-state index contributed by atoms with van der Waals surface area (Å²) in [6.07, 6.45) is 1.27. The molecule has 1 aliphatic rings. The molecule has 5 nitrogen and oxygen atoms in total. The second kappa shape index (κ2) is 7.74. The van der Waals surface area contributed by atoms with Crippen molar-refractivity contribution < 1.29 is 19.4 Å². The average Bonchev–Trinajstić information content (AvgIpc) is 2.46. The predicted molar refractivity (Wildman–Crippen MR) is 85.4 cm³/mol. The van der Waals surface area contributed by atoms with Crippen molar-refractivity contribution in [1.29, 1.82) is 0 Å². The Hall–Kier alpha value is -1.40. The number of carbonyl (C=O) groups is 2. The lowest BCUT2D eigenvalue weighted by Crippen LogP contribution is -2.39. The van der Waals surface area contributed by atoms with Crippen molar-refractivity contribution in [3.8, 4) is 0 Å². The molecular weight excluding hydrogens is 350 g/mol. The van der Waals surface area contributed by atoms with E-state index in [2.05, 4.69) is 21.2 Å². The summed E-state index contributed by atoms with van der Waals surface area (Å²) in [5.74, 6) is -1.15. The van der Waals surface area contributed by atoms with Crippen LogP contribution < -0.4 is 5.32 Å². The summed E-state index contributed by atoms with van der Waals surface area (Å²) in [6, 6.07) is 6.83. The number of hydrogen-bond acceptors (Lipinski definition) is 3. The van der Waals surface area contributed by atoms with Gasteiger partial charge in [-0.2, -0.15) is 0 Å². The van der Waals surface area contributed by atoms with E-state index in [1.165, 1.54) is 0 Å². The number of amides is 1. The van der Waals surface area contributed by atoms with Gasteiger partial charge in [0.05, 0.1) is 18.6 Å². The monoisotopic (exact) mass is 369 g/mol. The first-order valence-corrected chi connectivity index (χ1v) is 8.14. The number of rotatable bonds is 5. The minimum atomic E-state index is -0.939. The minimum absolute atomic E-state index is 0.0632. The smallest absolute Gasteiger partial charge is 0.305 e. The standard InChI is InChI=1S/C16H20BrNO4/c1-10-7-12(5-6-22-10)16(21)18-14(9-15(19)20)11-3-2-4-13(17)8-11/h2-4,8,10,12,14H,5-7,9H2,1H3,(H,18,21)(H,19,20). The summed E-state index contributed by atoms with van der Waals surface area (Å²) >= 11 is 3.37. The van der Waals surface area contributed by atoms with Crippen LogP contribution in [0.1, 0.15) is 37.8 Å². The zero-order valence-corrected chi connectivity index (χ0v) is 14.0. The maximum Gasteiger partial charge on any atom is 0.305 e. The Balaban J connectivity index is 2.09. The molecule has 1 saturated heterocycles. The van der Waals surface area contributed by atoms with Crippen LogP contribution in [0.4, 0.5) is 0 Å². The van der Waals surface area contributed by atoms with Crippen LogP contribution in [0.15, 0.2) is 28.7 Å². The molecule has 3 unspecified atom stereocenters. The van der Waals surface area contributed by atoms with Gasteiger partial charge in [-0.05, 0) is 37.5 Å². The summed E-state index contributed by atoms with van der Waals surface area (Å²) in [4.78, 5) is 23.5. The van der Waals surface area contributed by atoms with E-state index in [0.29, 0.717) is 19.4 Å². The van der Waals surface area contributed by atoms with Gasteiger partial charge in [0.25, 0.3) is 0 Å². The maximum absolute atomic E-state index is 12.4. The number of hydrogen-bond donors (Lipinski definition) is 2. The molecule has 1 fully saturated rings. The Labute approximate surface area is 138 Å². The molecule has 1 heterocycles. The van der Waals surface area contributed by atoms with Crippen molar-refractivity contribution in [1.82, 2.24) is 5.32 Å². The topological polar surface area (TPSA) is 75.6 Å². The molecule has 22 heavy (non-hydrogen) atoms. The van der Waals surface area contributed by atoms with E-state index in [-0.39, 0.29) is 24.3 Å².